The molecule has 0 aliphatic carbocycles. The molecule has 0 atom stereocenters. The van der Waals surface area contributed by atoms with Crippen molar-refractivity contribution in [1.29, 1.82) is 0 Å². The fourth-order valence-electron chi connectivity index (χ4n) is 4.04. The van der Waals surface area contributed by atoms with Crippen LogP contribution in [0.2, 0.25) is 0 Å². The Kier molecular flexibility index (Phi) is 18.8. The summed E-state index contributed by atoms with van der Waals surface area (Å²) in [5, 5.41) is 0. The van der Waals surface area contributed by atoms with E-state index in [1.807, 2.05) is 24.5 Å². The maximum atomic E-state index is 5.69. The minimum atomic E-state index is 0.964. The van der Waals surface area contributed by atoms with Crippen molar-refractivity contribution in [3.63, 3.8) is 0 Å². The highest BCUT2D eigenvalue weighted by atomic mass is 16.5. The van der Waals surface area contributed by atoms with E-state index in [1.165, 1.54) is 121 Å². The van der Waals surface area contributed by atoms with Gasteiger partial charge in [-0.25, -0.2) is 0 Å². The van der Waals surface area contributed by atoms with Crippen molar-refractivity contribution in [2.75, 3.05) is 0 Å². The molecule has 0 radical (unpaired) electrons. The van der Waals surface area contributed by atoms with Crippen LogP contribution in [-0.2, 0) is 0 Å². The molecule has 0 bridgehead atoms. The van der Waals surface area contributed by atoms with Gasteiger partial charge in [0, 0.05) is 0 Å². The van der Waals surface area contributed by atoms with Crippen molar-refractivity contribution in [3.8, 4) is 5.75 Å². The smallest absolute Gasteiger partial charge is 0.129 e. The predicted molar refractivity (Wildman–Crippen MR) is 134 cm³/mol. The van der Waals surface area contributed by atoms with Crippen LogP contribution in [0.3, 0.4) is 0 Å². The van der Waals surface area contributed by atoms with Crippen LogP contribution < -0.4 is 4.74 Å². The molecular weight excluding hydrogens is 364 g/mol. The lowest BCUT2D eigenvalue weighted by Crippen LogP contribution is -1.85. The molecule has 0 saturated heterocycles. The number of hydrogen-bond acceptors (Lipinski definition) is 1. The Morgan fingerprint density at radius 1 is 0.600 bits per heavy atom. The van der Waals surface area contributed by atoms with E-state index in [1.54, 1.807) is 0 Å². The summed E-state index contributed by atoms with van der Waals surface area (Å²) in [4.78, 5) is 0. The summed E-state index contributed by atoms with van der Waals surface area (Å²) >= 11 is 0. The molecule has 0 amide bonds. The first kappa shape index (κ1) is 26.8. The first-order valence-corrected chi connectivity index (χ1v) is 13.2. The normalized spacial score (nSPS) is 11.4. The fraction of sp³-hybridized carbons (Fsp3) is 0.724. The van der Waals surface area contributed by atoms with Gasteiger partial charge in [0.25, 0.3) is 0 Å². The molecule has 0 aromatic heterocycles. The van der Waals surface area contributed by atoms with Gasteiger partial charge in [-0.15, -0.1) is 0 Å². The number of aryl methyl sites for hydroxylation is 1. The van der Waals surface area contributed by atoms with Gasteiger partial charge in [0.2, 0.25) is 0 Å². The van der Waals surface area contributed by atoms with Crippen molar-refractivity contribution < 1.29 is 4.74 Å². The lowest BCUT2D eigenvalue weighted by Gasteiger charge is -2.04. The van der Waals surface area contributed by atoms with Crippen molar-refractivity contribution in [3.05, 3.63) is 42.2 Å². The first-order chi connectivity index (χ1) is 14.8. The van der Waals surface area contributed by atoms with Gasteiger partial charge in [-0.05, 0) is 37.5 Å². The number of benzene rings is 1. The van der Waals surface area contributed by atoms with E-state index in [2.05, 4.69) is 26.0 Å². The average Bonchev–Trinajstić information content (AvgIpc) is 2.76. The summed E-state index contributed by atoms with van der Waals surface area (Å²) in [6.07, 6.45) is 30.9. The maximum Gasteiger partial charge on any atom is 0.129 e. The molecule has 1 heteroatoms. The third-order valence-electron chi connectivity index (χ3n) is 6.11. The molecule has 0 unspecified atom stereocenters. The van der Waals surface area contributed by atoms with Crippen LogP contribution in [0.15, 0.2) is 36.6 Å². The number of para-hydroxylation sites is 1. The topological polar surface area (TPSA) is 9.23 Å². The van der Waals surface area contributed by atoms with Gasteiger partial charge in [-0.2, -0.15) is 0 Å². The molecule has 0 aliphatic rings. The highest BCUT2D eigenvalue weighted by molar-refractivity contribution is 5.32. The van der Waals surface area contributed by atoms with Crippen LogP contribution in [0.25, 0.3) is 0 Å². The SMILES string of the molecule is CCCCCCCCCCCCCCCCCCCCC=COc1ccccc1C. The van der Waals surface area contributed by atoms with E-state index in [9.17, 15) is 0 Å². The van der Waals surface area contributed by atoms with E-state index in [4.69, 9.17) is 4.74 Å². The average molecular weight is 415 g/mol. The van der Waals surface area contributed by atoms with Gasteiger partial charge in [-0.3, -0.25) is 0 Å². The molecule has 1 nitrogen and oxygen atoms in total. The molecule has 0 aliphatic heterocycles. The predicted octanol–water partition coefficient (Wildman–Crippen LogP) is 10.3. The summed E-state index contributed by atoms with van der Waals surface area (Å²) in [7, 11) is 0. The molecule has 0 N–H and O–H groups in total. The number of unbranched alkanes of at least 4 members (excludes halogenated alkanes) is 18. The lowest BCUT2D eigenvalue weighted by atomic mass is 10.0. The van der Waals surface area contributed by atoms with E-state index in [-0.39, 0.29) is 0 Å². The molecule has 172 valence electrons. The van der Waals surface area contributed by atoms with Gasteiger partial charge >= 0.3 is 0 Å². The molecule has 0 spiro atoms. The molecule has 1 rings (SSSR count). The third-order valence-corrected chi connectivity index (χ3v) is 6.11. The van der Waals surface area contributed by atoms with Crippen LogP contribution in [0.4, 0.5) is 0 Å². The summed E-state index contributed by atoms with van der Waals surface area (Å²) in [5.74, 6) is 0.964. The Morgan fingerprint density at radius 2 is 1.03 bits per heavy atom. The number of rotatable bonds is 21. The minimum absolute atomic E-state index is 0.964. The van der Waals surface area contributed by atoms with Gasteiger partial charge in [-0.1, -0.05) is 134 Å². The minimum Gasteiger partial charge on any atom is -0.465 e. The fourth-order valence-corrected chi connectivity index (χ4v) is 4.04. The highest BCUT2D eigenvalue weighted by Gasteiger charge is 1.96. The molecule has 1 aromatic carbocycles. The Balaban J connectivity index is 1.74. The largest absolute Gasteiger partial charge is 0.465 e. The van der Waals surface area contributed by atoms with Crippen LogP contribution in [-0.4, -0.2) is 0 Å². The third kappa shape index (κ3) is 16.5. The van der Waals surface area contributed by atoms with Gasteiger partial charge < -0.3 is 4.74 Å². The van der Waals surface area contributed by atoms with Crippen LogP contribution in [0.5, 0.6) is 5.75 Å². The standard InChI is InChI=1S/C29H50O/c1-3-4-5-6-7-8-9-10-11-12-13-14-15-16-17-18-19-20-21-24-27-30-29-26-23-22-25-28(29)2/h22-27H,3-21H2,1-2H3. The highest BCUT2D eigenvalue weighted by Crippen LogP contribution is 2.17. The molecule has 30 heavy (non-hydrogen) atoms. The lowest BCUT2D eigenvalue weighted by molar-refractivity contribution is 0.473. The maximum absolute atomic E-state index is 5.69. The monoisotopic (exact) mass is 414 g/mol. The molecule has 0 fully saturated rings. The zero-order chi connectivity index (χ0) is 21.5. The van der Waals surface area contributed by atoms with E-state index >= 15 is 0 Å². The molecular formula is C29H50O. The zero-order valence-electron chi connectivity index (χ0n) is 20.3. The second-order valence-corrected chi connectivity index (χ2v) is 9.05. The Bertz CT molecular complexity index is 505. The Morgan fingerprint density at radius 3 is 1.50 bits per heavy atom. The molecule has 1 aromatic rings. The van der Waals surface area contributed by atoms with Gasteiger partial charge in [0.15, 0.2) is 0 Å². The van der Waals surface area contributed by atoms with E-state index in [0.29, 0.717) is 0 Å². The Hall–Kier alpha value is -1.24. The van der Waals surface area contributed by atoms with Crippen LogP contribution >= 0.6 is 0 Å². The van der Waals surface area contributed by atoms with Crippen molar-refractivity contribution in [1.82, 2.24) is 0 Å². The van der Waals surface area contributed by atoms with Crippen molar-refractivity contribution >= 4 is 0 Å². The van der Waals surface area contributed by atoms with Crippen molar-refractivity contribution in [2.24, 2.45) is 0 Å². The first-order valence-electron chi connectivity index (χ1n) is 13.2. The molecule has 0 heterocycles. The second-order valence-electron chi connectivity index (χ2n) is 9.05. The Labute approximate surface area is 188 Å². The molecule has 0 saturated carbocycles. The zero-order valence-corrected chi connectivity index (χ0v) is 20.3. The number of ether oxygens (including phenoxy) is 1. The van der Waals surface area contributed by atoms with Gasteiger partial charge in [0.1, 0.15) is 5.75 Å². The van der Waals surface area contributed by atoms with E-state index < -0.39 is 0 Å². The van der Waals surface area contributed by atoms with E-state index in [0.717, 1.165) is 12.2 Å². The summed E-state index contributed by atoms with van der Waals surface area (Å²) in [6.45, 7) is 4.38. The summed E-state index contributed by atoms with van der Waals surface area (Å²) in [6, 6.07) is 8.17. The summed E-state index contributed by atoms with van der Waals surface area (Å²) in [5.41, 5.74) is 1.19. The quantitative estimate of drug-likeness (QED) is 0.143. The van der Waals surface area contributed by atoms with Crippen LogP contribution in [0, 0.1) is 6.92 Å². The number of allylic oxidation sites excluding steroid dienone is 1. The van der Waals surface area contributed by atoms with Crippen molar-refractivity contribution in [2.45, 2.75) is 136 Å². The number of hydrogen-bond donors (Lipinski definition) is 0. The second kappa shape index (κ2) is 21.0. The summed E-state index contributed by atoms with van der Waals surface area (Å²) < 4.78 is 5.69. The van der Waals surface area contributed by atoms with Crippen LogP contribution in [0.1, 0.15) is 134 Å². The van der Waals surface area contributed by atoms with Gasteiger partial charge in [0.05, 0.1) is 6.26 Å².